The minimum absolute atomic E-state index is 0.438. The summed E-state index contributed by atoms with van der Waals surface area (Å²) in [6, 6.07) is 7.77. The number of aryl methyl sites for hydroxylation is 1. The molecule has 3 N–H and O–H groups in total. The predicted octanol–water partition coefficient (Wildman–Crippen LogP) is 2.04. The van der Waals surface area contributed by atoms with Crippen molar-refractivity contribution in [3.05, 3.63) is 34.0 Å². The van der Waals surface area contributed by atoms with E-state index in [2.05, 4.69) is 34.6 Å². The number of rotatable bonds is 3. The molecule has 0 saturated heterocycles. The average molecular weight is 220 g/mol. The van der Waals surface area contributed by atoms with Crippen molar-refractivity contribution < 1.29 is 0 Å². The van der Waals surface area contributed by atoms with Gasteiger partial charge in [0, 0.05) is 9.75 Å². The molecule has 0 radical (unpaired) electrons. The van der Waals surface area contributed by atoms with Crippen LogP contribution >= 0.6 is 11.3 Å². The lowest BCUT2D eigenvalue weighted by Crippen LogP contribution is -2.01. The van der Waals surface area contributed by atoms with Crippen molar-refractivity contribution in [3.8, 4) is 0 Å². The smallest absolute Gasteiger partial charge is 0.149 e. The molecular formula is C10H12N4S. The van der Waals surface area contributed by atoms with Gasteiger partial charge < -0.3 is 11.1 Å². The molecule has 2 aromatic rings. The first kappa shape index (κ1) is 9.92. The molecule has 15 heavy (non-hydrogen) atoms. The maximum absolute atomic E-state index is 5.44. The van der Waals surface area contributed by atoms with Gasteiger partial charge in [-0.1, -0.05) is 0 Å². The molecule has 2 rings (SSSR count). The predicted molar refractivity (Wildman–Crippen MR) is 62.8 cm³/mol. The third kappa shape index (κ3) is 2.66. The number of hydrogen-bond donors (Lipinski definition) is 2. The summed E-state index contributed by atoms with van der Waals surface area (Å²) in [4.78, 5) is 2.60. The van der Waals surface area contributed by atoms with Crippen LogP contribution in [0, 0.1) is 6.92 Å². The van der Waals surface area contributed by atoms with Gasteiger partial charge in [-0.05, 0) is 31.2 Å². The number of thiophene rings is 1. The van der Waals surface area contributed by atoms with Crippen LogP contribution < -0.4 is 11.1 Å². The van der Waals surface area contributed by atoms with Gasteiger partial charge in [-0.25, -0.2) is 0 Å². The second kappa shape index (κ2) is 4.27. The molecule has 0 saturated carbocycles. The topological polar surface area (TPSA) is 63.8 Å². The molecule has 0 bridgehead atoms. The van der Waals surface area contributed by atoms with Crippen molar-refractivity contribution in [3.63, 3.8) is 0 Å². The van der Waals surface area contributed by atoms with Gasteiger partial charge in [0.2, 0.25) is 0 Å². The number of anilines is 2. The molecule has 0 atom stereocenters. The zero-order chi connectivity index (χ0) is 10.7. The van der Waals surface area contributed by atoms with Crippen LogP contribution in [0.15, 0.2) is 24.3 Å². The summed E-state index contributed by atoms with van der Waals surface area (Å²) in [5.41, 5.74) is 5.44. The summed E-state index contributed by atoms with van der Waals surface area (Å²) in [5.74, 6) is 1.18. The van der Waals surface area contributed by atoms with Gasteiger partial charge in [0.25, 0.3) is 0 Å². The van der Waals surface area contributed by atoms with Crippen molar-refractivity contribution in [2.24, 2.45) is 0 Å². The van der Waals surface area contributed by atoms with Crippen molar-refractivity contribution >= 4 is 23.0 Å². The van der Waals surface area contributed by atoms with Crippen LogP contribution in [0.2, 0.25) is 0 Å². The molecule has 0 aliphatic carbocycles. The summed E-state index contributed by atoms with van der Waals surface area (Å²) in [6.45, 7) is 2.87. The lowest BCUT2D eigenvalue weighted by atomic mass is 10.4. The normalized spacial score (nSPS) is 10.2. The molecule has 5 heteroatoms. The molecule has 0 aromatic carbocycles. The van der Waals surface area contributed by atoms with Gasteiger partial charge in [-0.2, -0.15) is 0 Å². The summed E-state index contributed by atoms with van der Waals surface area (Å²) >= 11 is 1.77. The molecule has 2 aromatic heterocycles. The second-order valence-corrected chi connectivity index (χ2v) is 4.58. The monoisotopic (exact) mass is 220 g/mol. The Kier molecular flexibility index (Phi) is 2.82. The first-order chi connectivity index (χ1) is 7.24. The Morgan fingerprint density at radius 3 is 2.73 bits per heavy atom. The van der Waals surface area contributed by atoms with Crippen molar-refractivity contribution in [2.75, 3.05) is 11.1 Å². The SMILES string of the molecule is Cc1ccc(CNc2ccc(N)nn2)s1. The summed E-state index contributed by atoms with van der Waals surface area (Å²) < 4.78 is 0. The lowest BCUT2D eigenvalue weighted by Gasteiger charge is -2.02. The Hall–Kier alpha value is -1.62. The fraction of sp³-hybridized carbons (Fsp3) is 0.200. The van der Waals surface area contributed by atoms with Gasteiger partial charge in [-0.15, -0.1) is 21.5 Å². The second-order valence-electron chi connectivity index (χ2n) is 3.21. The van der Waals surface area contributed by atoms with E-state index in [1.165, 1.54) is 9.75 Å². The first-order valence-electron chi connectivity index (χ1n) is 4.62. The van der Waals surface area contributed by atoms with Gasteiger partial charge in [0.15, 0.2) is 0 Å². The molecule has 2 heterocycles. The number of nitrogens with one attached hydrogen (secondary N) is 1. The van der Waals surface area contributed by atoms with Crippen LogP contribution in [0.4, 0.5) is 11.6 Å². The maximum Gasteiger partial charge on any atom is 0.149 e. The number of aromatic nitrogens is 2. The molecule has 0 unspecified atom stereocenters. The number of nitrogens with zero attached hydrogens (tertiary/aromatic N) is 2. The molecular weight excluding hydrogens is 208 g/mol. The van der Waals surface area contributed by atoms with Crippen LogP contribution in [-0.4, -0.2) is 10.2 Å². The highest BCUT2D eigenvalue weighted by atomic mass is 32.1. The highest BCUT2D eigenvalue weighted by Crippen LogP contribution is 2.16. The summed E-state index contributed by atoms with van der Waals surface area (Å²) in [6.07, 6.45) is 0. The Morgan fingerprint density at radius 1 is 1.27 bits per heavy atom. The van der Waals surface area contributed by atoms with Gasteiger partial charge in [0.1, 0.15) is 11.6 Å². The molecule has 0 aliphatic rings. The van der Waals surface area contributed by atoms with Crippen LogP contribution in [0.3, 0.4) is 0 Å². The quantitative estimate of drug-likeness (QED) is 0.830. The first-order valence-corrected chi connectivity index (χ1v) is 5.44. The zero-order valence-corrected chi connectivity index (χ0v) is 9.21. The van der Waals surface area contributed by atoms with E-state index in [0.29, 0.717) is 5.82 Å². The Labute approximate surface area is 92.2 Å². The number of hydrogen-bond acceptors (Lipinski definition) is 5. The highest BCUT2D eigenvalue weighted by molar-refractivity contribution is 7.11. The van der Waals surface area contributed by atoms with E-state index >= 15 is 0 Å². The minimum atomic E-state index is 0.438. The third-order valence-electron chi connectivity index (χ3n) is 1.92. The Bertz CT molecular complexity index is 435. The zero-order valence-electron chi connectivity index (χ0n) is 8.40. The average Bonchev–Trinajstić information content (AvgIpc) is 2.64. The third-order valence-corrected chi connectivity index (χ3v) is 2.93. The Morgan fingerprint density at radius 2 is 2.13 bits per heavy atom. The highest BCUT2D eigenvalue weighted by Gasteiger charge is 1.98. The molecule has 0 spiro atoms. The van der Waals surface area contributed by atoms with E-state index in [1.807, 2.05) is 6.07 Å². The van der Waals surface area contributed by atoms with Crippen molar-refractivity contribution in [1.82, 2.24) is 10.2 Å². The summed E-state index contributed by atoms with van der Waals surface area (Å²) in [5, 5.41) is 10.9. The van der Waals surface area contributed by atoms with Gasteiger partial charge >= 0.3 is 0 Å². The van der Waals surface area contributed by atoms with Crippen LogP contribution in [0.1, 0.15) is 9.75 Å². The largest absolute Gasteiger partial charge is 0.382 e. The van der Waals surface area contributed by atoms with Gasteiger partial charge in [-0.3, -0.25) is 0 Å². The van der Waals surface area contributed by atoms with E-state index in [-0.39, 0.29) is 0 Å². The number of nitrogen functional groups attached to an aromatic ring is 1. The number of nitrogens with two attached hydrogens (primary N) is 1. The van der Waals surface area contributed by atoms with Gasteiger partial charge in [0.05, 0.1) is 6.54 Å². The summed E-state index contributed by atoms with van der Waals surface area (Å²) in [7, 11) is 0. The molecule has 0 amide bonds. The standard InChI is InChI=1S/C10H12N4S/c1-7-2-3-8(15-7)6-12-10-5-4-9(11)13-14-10/h2-5H,6H2,1H3,(H2,11,13)(H,12,14). The fourth-order valence-electron chi connectivity index (χ4n) is 1.19. The van der Waals surface area contributed by atoms with Crippen LogP contribution in [0.5, 0.6) is 0 Å². The van der Waals surface area contributed by atoms with Crippen molar-refractivity contribution in [1.29, 1.82) is 0 Å². The van der Waals surface area contributed by atoms with E-state index in [4.69, 9.17) is 5.73 Å². The van der Waals surface area contributed by atoms with E-state index in [0.717, 1.165) is 12.4 Å². The Balaban J connectivity index is 1.96. The molecule has 0 fully saturated rings. The minimum Gasteiger partial charge on any atom is -0.382 e. The molecule has 78 valence electrons. The van der Waals surface area contributed by atoms with Crippen LogP contribution in [0.25, 0.3) is 0 Å². The maximum atomic E-state index is 5.44. The van der Waals surface area contributed by atoms with E-state index in [9.17, 15) is 0 Å². The van der Waals surface area contributed by atoms with Crippen LogP contribution in [-0.2, 0) is 6.54 Å². The molecule has 4 nitrogen and oxygen atoms in total. The van der Waals surface area contributed by atoms with E-state index in [1.54, 1.807) is 17.4 Å². The fourth-order valence-corrected chi connectivity index (χ4v) is 2.02. The van der Waals surface area contributed by atoms with Crippen molar-refractivity contribution in [2.45, 2.75) is 13.5 Å². The lowest BCUT2D eigenvalue weighted by molar-refractivity contribution is 1.01. The molecule has 0 aliphatic heterocycles. The van der Waals surface area contributed by atoms with E-state index < -0.39 is 0 Å².